The van der Waals surface area contributed by atoms with Crippen LogP contribution in [0.3, 0.4) is 0 Å². The third-order valence-electron chi connectivity index (χ3n) is 3.19. The highest BCUT2D eigenvalue weighted by Gasteiger charge is 2.37. The molecule has 0 radical (unpaired) electrons. The van der Waals surface area contributed by atoms with E-state index in [1.165, 1.54) is 6.07 Å². The molecule has 17 heavy (non-hydrogen) atoms. The van der Waals surface area contributed by atoms with Gasteiger partial charge in [-0.25, -0.2) is 0 Å². The van der Waals surface area contributed by atoms with Crippen molar-refractivity contribution in [1.82, 2.24) is 0 Å². The van der Waals surface area contributed by atoms with Crippen LogP contribution >= 0.6 is 0 Å². The average Bonchev–Trinajstić information content (AvgIpc) is 2.39. The van der Waals surface area contributed by atoms with Crippen molar-refractivity contribution < 1.29 is 18.3 Å². The molecule has 2 rings (SSSR count). The lowest BCUT2D eigenvalue weighted by Gasteiger charge is -2.22. The second-order valence-electron chi connectivity index (χ2n) is 4.38. The SMILES string of the molecule is NC1CCCc2cccc(C(F)(F)F)c2C1O. The van der Waals surface area contributed by atoms with Gasteiger partial charge in [0.15, 0.2) is 0 Å². The first kappa shape index (κ1) is 12.4. The van der Waals surface area contributed by atoms with E-state index in [1.807, 2.05) is 0 Å². The van der Waals surface area contributed by atoms with E-state index >= 15 is 0 Å². The van der Waals surface area contributed by atoms with Crippen LogP contribution in [-0.2, 0) is 12.6 Å². The molecule has 1 aromatic rings. The molecule has 1 aliphatic rings. The summed E-state index contributed by atoms with van der Waals surface area (Å²) in [5.74, 6) is 0. The Morgan fingerprint density at radius 2 is 2.00 bits per heavy atom. The first-order chi connectivity index (χ1) is 7.91. The summed E-state index contributed by atoms with van der Waals surface area (Å²) in [5.41, 5.74) is 5.44. The van der Waals surface area contributed by atoms with E-state index in [9.17, 15) is 18.3 Å². The zero-order valence-electron chi connectivity index (χ0n) is 9.17. The Morgan fingerprint density at radius 3 is 2.65 bits per heavy atom. The Labute approximate surface area is 97.2 Å². The van der Waals surface area contributed by atoms with Gasteiger partial charge >= 0.3 is 6.18 Å². The van der Waals surface area contributed by atoms with Crippen LogP contribution in [0, 0.1) is 0 Å². The highest BCUT2D eigenvalue weighted by Crippen LogP contribution is 2.39. The molecule has 0 spiro atoms. The van der Waals surface area contributed by atoms with Crippen LogP contribution in [0.1, 0.15) is 35.6 Å². The molecular weight excluding hydrogens is 231 g/mol. The van der Waals surface area contributed by atoms with Crippen LogP contribution in [0.2, 0.25) is 0 Å². The van der Waals surface area contributed by atoms with Gasteiger partial charge in [0.2, 0.25) is 0 Å². The molecule has 0 aromatic heterocycles. The predicted molar refractivity (Wildman–Crippen MR) is 57.3 cm³/mol. The maximum atomic E-state index is 12.9. The van der Waals surface area contributed by atoms with Crippen molar-refractivity contribution in [2.24, 2.45) is 5.73 Å². The number of nitrogens with two attached hydrogens (primary N) is 1. The molecule has 0 fully saturated rings. The number of hydrogen-bond acceptors (Lipinski definition) is 2. The largest absolute Gasteiger partial charge is 0.416 e. The first-order valence-electron chi connectivity index (χ1n) is 5.54. The molecule has 0 saturated carbocycles. The molecule has 5 heteroatoms. The van der Waals surface area contributed by atoms with Crippen LogP contribution in [-0.4, -0.2) is 11.1 Å². The summed E-state index contributed by atoms with van der Waals surface area (Å²) in [5, 5.41) is 9.93. The lowest BCUT2D eigenvalue weighted by atomic mass is 9.93. The minimum Gasteiger partial charge on any atom is -0.387 e. The molecule has 3 N–H and O–H groups in total. The lowest BCUT2D eigenvalue weighted by molar-refractivity contribution is -0.139. The maximum absolute atomic E-state index is 12.9. The van der Waals surface area contributed by atoms with Crippen molar-refractivity contribution in [3.05, 3.63) is 34.9 Å². The smallest absolute Gasteiger partial charge is 0.387 e. The first-order valence-corrected chi connectivity index (χ1v) is 5.54. The number of aliphatic hydroxyl groups excluding tert-OH is 1. The number of rotatable bonds is 0. The second kappa shape index (κ2) is 4.31. The third kappa shape index (κ3) is 2.30. The zero-order chi connectivity index (χ0) is 12.6. The van der Waals surface area contributed by atoms with Crippen molar-refractivity contribution in [3.8, 4) is 0 Å². The van der Waals surface area contributed by atoms with E-state index in [0.29, 0.717) is 24.8 Å². The van der Waals surface area contributed by atoms with Crippen molar-refractivity contribution in [2.45, 2.75) is 37.6 Å². The van der Waals surface area contributed by atoms with Gasteiger partial charge in [-0.1, -0.05) is 12.1 Å². The van der Waals surface area contributed by atoms with Gasteiger partial charge in [-0.3, -0.25) is 0 Å². The van der Waals surface area contributed by atoms with Crippen LogP contribution in [0.15, 0.2) is 18.2 Å². The Hall–Kier alpha value is -1.07. The fraction of sp³-hybridized carbons (Fsp3) is 0.500. The minimum absolute atomic E-state index is 0.0370. The topological polar surface area (TPSA) is 46.2 Å². The number of alkyl halides is 3. The fourth-order valence-corrected chi connectivity index (χ4v) is 2.33. The average molecular weight is 245 g/mol. The molecule has 0 amide bonds. The predicted octanol–water partition coefficient (Wildman–Crippen LogP) is 2.40. The Balaban J connectivity index is 2.58. The molecule has 1 aromatic carbocycles. The molecule has 2 unspecified atom stereocenters. The van der Waals surface area contributed by atoms with Crippen molar-refractivity contribution in [1.29, 1.82) is 0 Å². The van der Waals surface area contributed by atoms with Gasteiger partial charge in [0.1, 0.15) is 0 Å². The van der Waals surface area contributed by atoms with Crippen molar-refractivity contribution >= 4 is 0 Å². The Morgan fingerprint density at radius 1 is 1.29 bits per heavy atom. The van der Waals surface area contributed by atoms with Gasteiger partial charge in [-0.2, -0.15) is 13.2 Å². The number of hydrogen-bond donors (Lipinski definition) is 2. The molecule has 0 aliphatic heterocycles. The summed E-state index contributed by atoms with van der Waals surface area (Å²) < 4.78 is 38.6. The standard InChI is InChI=1S/C12H14F3NO/c13-12(14,15)8-5-1-3-7-4-2-6-9(16)11(17)10(7)8/h1,3,5,9,11,17H,2,4,6,16H2. The third-order valence-corrected chi connectivity index (χ3v) is 3.19. The molecule has 2 atom stereocenters. The molecule has 0 heterocycles. The van der Waals surface area contributed by atoms with E-state index in [4.69, 9.17) is 5.73 Å². The zero-order valence-corrected chi connectivity index (χ0v) is 9.17. The van der Waals surface area contributed by atoms with Gasteiger partial charge in [0.25, 0.3) is 0 Å². The van der Waals surface area contributed by atoms with Crippen molar-refractivity contribution in [3.63, 3.8) is 0 Å². The van der Waals surface area contributed by atoms with Gasteiger partial charge in [0, 0.05) is 6.04 Å². The van der Waals surface area contributed by atoms with Gasteiger partial charge < -0.3 is 10.8 Å². The highest BCUT2D eigenvalue weighted by atomic mass is 19.4. The maximum Gasteiger partial charge on any atom is 0.416 e. The molecule has 0 bridgehead atoms. The summed E-state index contributed by atoms with van der Waals surface area (Å²) in [6.45, 7) is 0. The summed E-state index contributed by atoms with van der Waals surface area (Å²) >= 11 is 0. The number of benzene rings is 1. The highest BCUT2D eigenvalue weighted by molar-refractivity contribution is 5.40. The molecule has 2 nitrogen and oxygen atoms in total. The number of aryl methyl sites for hydroxylation is 1. The summed E-state index contributed by atoms with van der Waals surface area (Å²) in [6.07, 6.45) is -3.91. The Kier molecular flexibility index (Phi) is 3.14. The van der Waals surface area contributed by atoms with E-state index in [0.717, 1.165) is 6.07 Å². The van der Waals surface area contributed by atoms with Gasteiger partial charge in [-0.05, 0) is 36.5 Å². The van der Waals surface area contributed by atoms with Crippen LogP contribution in [0.25, 0.3) is 0 Å². The van der Waals surface area contributed by atoms with Crippen LogP contribution in [0.5, 0.6) is 0 Å². The van der Waals surface area contributed by atoms with E-state index < -0.39 is 23.9 Å². The monoisotopic (exact) mass is 245 g/mol. The summed E-state index contributed by atoms with van der Waals surface area (Å²) in [7, 11) is 0. The molecule has 0 saturated heterocycles. The fourth-order valence-electron chi connectivity index (χ4n) is 2.33. The molecule has 1 aliphatic carbocycles. The normalized spacial score (nSPS) is 25.2. The van der Waals surface area contributed by atoms with E-state index in [-0.39, 0.29) is 5.56 Å². The minimum atomic E-state index is -4.45. The van der Waals surface area contributed by atoms with E-state index in [1.54, 1.807) is 6.07 Å². The second-order valence-corrected chi connectivity index (χ2v) is 4.38. The molecular formula is C12H14F3NO. The Bertz CT molecular complexity index is 417. The van der Waals surface area contributed by atoms with Crippen LogP contribution in [0.4, 0.5) is 13.2 Å². The van der Waals surface area contributed by atoms with E-state index in [2.05, 4.69) is 0 Å². The number of fused-ring (bicyclic) bond motifs is 1. The quantitative estimate of drug-likeness (QED) is 0.689. The van der Waals surface area contributed by atoms with Crippen LogP contribution < -0.4 is 5.73 Å². The number of halogens is 3. The number of aliphatic hydroxyl groups is 1. The molecule has 94 valence electrons. The van der Waals surface area contributed by atoms with Gasteiger partial charge in [0.05, 0.1) is 11.7 Å². The van der Waals surface area contributed by atoms with Gasteiger partial charge in [-0.15, -0.1) is 0 Å². The summed E-state index contributed by atoms with van der Waals surface area (Å²) in [4.78, 5) is 0. The van der Waals surface area contributed by atoms with Crippen molar-refractivity contribution in [2.75, 3.05) is 0 Å². The lowest BCUT2D eigenvalue weighted by Crippen LogP contribution is -2.29. The summed E-state index contributed by atoms with van der Waals surface area (Å²) in [6, 6.07) is 3.39.